The van der Waals surface area contributed by atoms with Crippen LogP contribution in [0.3, 0.4) is 0 Å². The van der Waals surface area contributed by atoms with Crippen LogP contribution >= 0.6 is 0 Å². The van der Waals surface area contributed by atoms with Crippen LogP contribution in [0.25, 0.3) is 0 Å². The number of unbranched alkanes of at least 4 members (excludes halogenated alkanes) is 1. The lowest BCUT2D eigenvalue weighted by Gasteiger charge is -2.22. The molecule has 1 fully saturated rings. The van der Waals surface area contributed by atoms with Gasteiger partial charge in [-0.15, -0.1) is 0 Å². The quantitative estimate of drug-likeness (QED) is 0.639. The van der Waals surface area contributed by atoms with E-state index in [1.165, 1.54) is 6.42 Å². The van der Waals surface area contributed by atoms with Crippen molar-refractivity contribution in [1.29, 1.82) is 0 Å². The molecule has 1 saturated heterocycles. The van der Waals surface area contributed by atoms with Crippen molar-refractivity contribution in [3.05, 3.63) is 0 Å². The fraction of sp³-hybridized carbons (Fsp3) is 0.909. The van der Waals surface area contributed by atoms with Crippen molar-refractivity contribution in [2.75, 3.05) is 26.8 Å². The lowest BCUT2D eigenvalue weighted by molar-refractivity contribution is -0.123. The lowest BCUT2D eigenvalue weighted by atomic mass is 10.0. The monoisotopic (exact) mass is 214 g/mol. The van der Waals surface area contributed by atoms with Crippen molar-refractivity contribution in [2.24, 2.45) is 0 Å². The third kappa shape index (κ3) is 5.14. The van der Waals surface area contributed by atoms with E-state index in [4.69, 9.17) is 4.74 Å². The Bertz CT molecular complexity index is 179. The van der Waals surface area contributed by atoms with E-state index in [9.17, 15) is 4.79 Å². The molecule has 0 aliphatic carbocycles. The summed E-state index contributed by atoms with van der Waals surface area (Å²) in [7, 11) is 1.70. The van der Waals surface area contributed by atoms with E-state index in [1.807, 2.05) is 0 Å². The average molecular weight is 214 g/mol. The number of methoxy groups -OCH3 is 1. The Balaban J connectivity index is 2.02. The molecule has 4 heteroatoms. The zero-order valence-electron chi connectivity index (χ0n) is 9.55. The van der Waals surface area contributed by atoms with Crippen molar-refractivity contribution in [3.63, 3.8) is 0 Å². The van der Waals surface area contributed by atoms with Gasteiger partial charge < -0.3 is 15.4 Å². The van der Waals surface area contributed by atoms with E-state index in [0.717, 1.165) is 45.4 Å². The van der Waals surface area contributed by atoms with Gasteiger partial charge in [0.2, 0.25) is 5.91 Å². The molecule has 0 radical (unpaired) electrons. The standard InChI is InChI=1S/C11H22N2O2/c1-15-9-5-4-8-13-11(14)10-6-2-3-7-12-10/h10,12H,2-9H2,1H3,(H,13,14)/t10-/m1/s1. The molecule has 1 amide bonds. The predicted molar refractivity (Wildman–Crippen MR) is 59.8 cm³/mol. The van der Waals surface area contributed by atoms with E-state index >= 15 is 0 Å². The lowest BCUT2D eigenvalue weighted by Crippen LogP contribution is -2.46. The molecule has 0 aromatic heterocycles. The maximum Gasteiger partial charge on any atom is 0.237 e. The summed E-state index contributed by atoms with van der Waals surface area (Å²) in [6, 6.07) is 0.0428. The molecule has 0 aromatic rings. The average Bonchev–Trinajstić information content (AvgIpc) is 2.30. The Morgan fingerprint density at radius 2 is 2.33 bits per heavy atom. The molecule has 15 heavy (non-hydrogen) atoms. The predicted octanol–water partition coefficient (Wildman–Crippen LogP) is 0.671. The summed E-state index contributed by atoms with van der Waals surface area (Å²) >= 11 is 0. The van der Waals surface area contributed by atoms with Crippen molar-refractivity contribution in [3.8, 4) is 0 Å². The minimum Gasteiger partial charge on any atom is -0.385 e. The highest BCUT2D eigenvalue weighted by atomic mass is 16.5. The number of carbonyl (C=O) groups excluding carboxylic acids is 1. The maximum atomic E-state index is 11.6. The van der Waals surface area contributed by atoms with Crippen molar-refractivity contribution in [1.82, 2.24) is 10.6 Å². The first kappa shape index (κ1) is 12.5. The van der Waals surface area contributed by atoms with Crippen molar-refractivity contribution in [2.45, 2.75) is 38.1 Å². The molecule has 2 N–H and O–H groups in total. The number of nitrogens with one attached hydrogen (secondary N) is 2. The van der Waals surface area contributed by atoms with Gasteiger partial charge in [-0.25, -0.2) is 0 Å². The Kier molecular flexibility index (Phi) is 6.36. The van der Waals surface area contributed by atoms with Gasteiger partial charge in [-0.3, -0.25) is 4.79 Å². The van der Waals surface area contributed by atoms with Crippen LogP contribution in [-0.4, -0.2) is 38.8 Å². The molecule has 1 heterocycles. The van der Waals surface area contributed by atoms with E-state index in [0.29, 0.717) is 0 Å². The van der Waals surface area contributed by atoms with Gasteiger partial charge in [0.25, 0.3) is 0 Å². The molecule has 1 aliphatic rings. The van der Waals surface area contributed by atoms with Gasteiger partial charge in [-0.05, 0) is 32.2 Å². The summed E-state index contributed by atoms with van der Waals surface area (Å²) in [6.45, 7) is 2.51. The molecule has 1 rings (SSSR count). The Hall–Kier alpha value is -0.610. The fourth-order valence-electron chi connectivity index (χ4n) is 1.78. The van der Waals surface area contributed by atoms with E-state index < -0.39 is 0 Å². The second-order valence-corrected chi connectivity index (χ2v) is 3.99. The van der Waals surface area contributed by atoms with Crippen LogP contribution in [0.1, 0.15) is 32.1 Å². The smallest absolute Gasteiger partial charge is 0.237 e. The third-order valence-electron chi connectivity index (χ3n) is 2.70. The van der Waals surface area contributed by atoms with Crippen molar-refractivity contribution >= 4 is 5.91 Å². The fourth-order valence-corrected chi connectivity index (χ4v) is 1.78. The largest absolute Gasteiger partial charge is 0.385 e. The highest BCUT2D eigenvalue weighted by Gasteiger charge is 2.19. The highest BCUT2D eigenvalue weighted by molar-refractivity contribution is 5.81. The number of ether oxygens (including phenoxy) is 1. The van der Waals surface area contributed by atoms with Gasteiger partial charge in [0, 0.05) is 20.3 Å². The van der Waals surface area contributed by atoms with E-state index in [2.05, 4.69) is 10.6 Å². The van der Waals surface area contributed by atoms with E-state index in [1.54, 1.807) is 7.11 Å². The summed E-state index contributed by atoms with van der Waals surface area (Å²) in [4.78, 5) is 11.6. The first-order valence-electron chi connectivity index (χ1n) is 5.84. The minimum atomic E-state index is 0.0428. The van der Waals surface area contributed by atoms with Gasteiger partial charge in [0.1, 0.15) is 0 Å². The number of rotatable bonds is 6. The molecular formula is C11H22N2O2. The third-order valence-corrected chi connectivity index (χ3v) is 2.70. The molecule has 4 nitrogen and oxygen atoms in total. The molecule has 0 aromatic carbocycles. The van der Waals surface area contributed by atoms with Crippen LogP contribution in [0, 0.1) is 0 Å². The van der Waals surface area contributed by atoms with Crippen LogP contribution in [0.4, 0.5) is 0 Å². The molecule has 1 aliphatic heterocycles. The van der Waals surface area contributed by atoms with Gasteiger partial charge in [0.15, 0.2) is 0 Å². The number of carbonyl (C=O) groups is 1. The second kappa shape index (κ2) is 7.65. The summed E-state index contributed by atoms with van der Waals surface area (Å²) in [5.41, 5.74) is 0. The first-order valence-corrected chi connectivity index (χ1v) is 5.84. The number of hydrogen-bond donors (Lipinski definition) is 2. The zero-order valence-corrected chi connectivity index (χ0v) is 9.55. The van der Waals surface area contributed by atoms with Crippen LogP contribution in [-0.2, 0) is 9.53 Å². The van der Waals surface area contributed by atoms with Crippen LogP contribution < -0.4 is 10.6 Å². The van der Waals surface area contributed by atoms with Crippen LogP contribution in [0.5, 0.6) is 0 Å². The molecular weight excluding hydrogens is 192 g/mol. The summed E-state index contributed by atoms with van der Waals surface area (Å²) in [5, 5.41) is 6.19. The highest BCUT2D eigenvalue weighted by Crippen LogP contribution is 2.06. The van der Waals surface area contributed by atoms with E-state index in [-0.39, 0.29) is 11.9 Å². The van der Waals surface area contributed by atoms with Gasteiger partial charge in [-0.1, -0.05) is 6.42 Å². The Labute approximate surface area is 91.8 Å². The van der Waals surface area contributed by atoms with Gasteiger partial charge >= 0.3 is 0 Å². The van der Waals surface area contributed by atoms with Crippen LogP contribution in [0.2, 0.25) is 0 Å². The molecule has 88 valence electrons. The number of amides is 1. The van der Waals surface area contributed by atoms with Crippen LogP contribution in [0.15, 0.2) is 0 Å². The SMILES string of the molecule is COCCCCNC(=O)[C@H]1CCCCN1. The summed E-state index contributed by atoms with van der Waals surface area (Å²) in [5.74, 6) is 0.159. The second-order valence-electron chi connectivity index (χ2n) is 3.99. The number of hydrogen-bond acceptors (Lipinski definition) is 3. The summed E-state index contributed by atoms with van der Waals surface area (Å²) in [6.07, 6.45) is 5.33. The van der Waals surface area contributed by atoms with Gasteiger partial charge in [-0.2, -0.15) is 0 Å². The Morgan fingerprint density at radius 1 is 1.47 bits per heavy atom. The van der Waals surface area contributed by atoms with Crippen molar-refractivity contribution < 1.29 is 9.53 Å². The first-order chi connectivity index (χ1) is 7.34. The molecule has 0 bridgehead atoms. The molecule has 1 atom stereocenters. The van der Waals surface area contributed by atoms with Gasteiger partial charge in [0.05, 0.1) is 6.04 Å². The molecule has 0 unspecified atom stereocenters. The Morgan fingerprint density at radius 3 is 3.00 bits per heavy atom. The number of piperidine rings is 1. The molecule has 0 spiro atoms. The molecule has 0 saturated carbocycles. The summed E-state index contributed by atoms with van der Waals surface area (Å²) < 4.78 is 4.94. The normalized spacial score (nSPS) is 21.3. The minimum absolute atomic E-state index is 0.0428. The topological polar surface area (TPSA) is 50.4 Å². The maximum absolute atomic E-state index is 11.6. The zero-order chi connectivity index (χ0) is 10.9.